The molecule has 1 fully saturated rings. The molecule has 16 heavy (non-hydrogen) atoms. The summed E-state index contributed by atoms with van der Waals surface area (Å²) < 4.78 is 5.47. The fraction of sp³-hybridized carbons (Fsp3) is 0.571. The van der Waals surface area contributed by atoms with Gasteiger partial charge in [0.05, 0.1) is 7.11 Å². The molecule has 0 aliphatic heterocycles. The van der Waals surface area contributed by atoms with E-state index in [1.54, 1.807) is 7.11 Å². The van der Waals surface area contributed by atoms with Gasteiger partial charge in [0.15, 0.2) is 0 Å². The molecule has 0 aromatic heterocycles. The Balaban J connectivity index is 2.37. The van der Waals surface area contributed by atoms with Gasteiger partial charge in [0.1, 0.15) is 5.75 Å². The van der Waals surface area contributed by atoms with Gasteiger partial charge in [-0.15, -0.1) is 0 Å². The molecular weight excluding hydrogens is 198 g/mol. The smallest absolute Gasteiger partial charge is 0.122 e. The molecule has 0 saturated heterocycles. The van der Waals surface area contributed by atoms with Crippen molar-refractivity contribution in [2.45, 2.75) is 38.0 Å². The van der Waals surface area contributed by atoms with Crippen LogP contribution in [-0.2, 0) is 5.41 Å². The van der Waals surface area contributed by atoms with Gasteiger partial charge >= 0.3 is 0 Å². The first-order valence-electron chi connectivity index (χ1n) is 6.01. The van der Waals surface area contributed by atoms with Gasteiger partial charge in [-0.1, -0.05) is 26.0 Å². The standard InChI is InChI=1S/C14H21NO/c1-10(2)12-5-4-11(8-13(12)16-3)14(9-15)6-7-14/h4-5,8,10H,6-7,9,15H2,1-3H3. The van der Waals surface area contributed by atoms with Crippen molar-refractivity contribution in [3.8, 4) is 5.75 Å². The van der Waals surface area contributed by atoms with Crippen LogP contribution in [0.5, 0.6) is 5.75 Å². The first kappa shape index (κ1) is 11.5. The third-order valence-corrected chi connectivity index (χ3v) is 3.71. The minimum Gasteiger partial charge on any atom is -0.496 e. The summed E-state index contributed by atoms with van der Waals surface area (Å²) in [5.41, 5.74) is 8.72. The molecule has 0 radical (unpaired) electrons. The monoisotopic (exact) mass is 219 g/mol. The molecular formula is C14H21NO. The summed E-state index contributed by atoms with van der Waals surface area (Å²) in [6, 6.07) is 6.58. The van der Waals surface area contributed by atoms with Crippen LogP contribution in [0.4, 0.5) is 0 Å². The average molecular weight is 219 g/mol. The largest absolute Gasteiger partial charge is 0.496 e. The van der Waals surface area contributed by atoms with E-state index in [-0.39, 0.29) is 5.41 Å². The molecule has 1 aliphatic rings. The molecule has 2 heteroatoms. The van der Waals surface area contributed by atoms with E-state index in [1.807, 2.05) is 0 Å². The molecule has 88 valence electrons. The topological polar surface area (TPSA) is 35.2 Å². The van der Waals surface area contributed by atoms with E-state index in [0.29, 0.717) is 5.92 Å². The van der Waals surface area contributed by atoms with Crippen LogP contribution in [-0.4, -0.2) is 13.7 Å². The third-order valence-electron chi connectivity index (χ3n) is 3.71. The van der Waals surface area contributed by atoms with Gasteiger partial charge in [0, 0.05) is 12.0 Å². The lowest BCUT2D eigenvalue weighted by atomic mass is 9.92. The van der Waals surface area contributed by atoms with Gasteiger partial charge in [0.25, 0.3) is 0 Å². The zero-order valence-corrected chi connectivity index (χ0v) is 10.4. The maximum atomic E-state index is 5.85. The van der Waals surface area contributed by atoms with Crippen LogP contribution in [0.3, 0.4) is 0 Å². The van der Waals surface area contributed by atoms with Crippen LogP contribution in [0.15, 0.2) is 18.2 Å². The van der Waals surface area contributed by atoms with Crippen molar-refractivity contribution in [1.29, 1.82) is 0 Å². The van der Waals surface area contributed by atoms with E-state index in [4.69, 9.17) is 10.5 Å². The van der Waals surface area contributed by atoms with Gasteiger partial charge in [-0.25, -0.2) is 0 Å². The second-order valence-corrected chi connectivity index (χ2v) is 5.10. The number of hydrogen-bond acceptors (Lipinski definition) is 2. The minimum atomic E-state index is 0.253. The molecule has 1 aliphatic carbocycles. The van der Waals surface area contributed by atoms with E-state index in [1.165, 1.54) is 24.0 Å². The molecule has 1 aromatic rings. The summed E-state index contributed by atoms with van der Waals surface area (Å²) in [5.74, 6) is 1.50. The number of ether oxygens (including phenoxy) is 1. The van der Waals surface area contributed by atoms with Crippen molar-refractivity contribution >= 4 is 0 Å². The first-order chi connectivity index (χ1) is 7.63. The fourth-order valence-electron chi connectivity index (χ4n) is 2.28. The Kier molecular flexibility index (Phi) is 2.94. The number of nitrogens with two attached hydrogens (primary N) is 1. The lowest BCUT2D eigenvalue weighted by molar-refractivity contribution is 0.406. The highest BCUT2D eigenvalue weighted by molar-refractivity contribution is 5.44. The van der Waals surface area contributed by atoms with Crippen LogP contribution >= 0.6 is 0 Å². The Morgan fingerprint density at radius 2 is 2.06 bits per heavy atom. The Bertz CT molecular complexity index is 380. The predicted molar refractivity (Wildman–Crippen MR) is 67.0 cm³/mol. The van der Waals surface area contributed by atoms with E-state index in [9.17, 15) is 0 Å². The fourth-order valence-corrected chi connectivity index (χ4v) is 2.28. The van der Waals surface area contributed by atoms with Crippen LogP contribution < -0.4 is 10.5 Å². The highest BCUT2D eigenvalue weighted by Gasteiger charge is 2.43. The summed E-state index contributed by atoms with van der Waals surface area (Å²) in [7, 11) is 1.74. The van der Waals surface area contributed by atoms with Crippen molar-refractivity contribution in [1.82, 2.24) is 0 Å². The van der Waals surface area contributed by atoms with E-state index < -0.39 is 0 Å². The maximum Gasteiger partial charge on any atom is 0.122 e. The normalized spacial score (nSPS) is 17.6. The number of benzene rings is 1. The quantitative estimate of drug-likeness (QED) is 0.845. The molecule has 2 N–H and O–H groups in total. The van der Waals surface area contributed by atoms with Gasteiger partial charge in [-0.2, -0.15) is 0 Å². The second-order valence-electron chi connectivity index (χ2n) is 5.10. The lowest BCUT2D eigenvalue weighted by Gasteiger charge is -2.17. The molecule has 2 nitrogen and oxygen atoms in total. The van der Waals surface area contributed by atoms with Crippen LogP contribution in [0.25, 0.3) is 0 Å². The number of hydrogen-bond donors (Lipinski definition) is 1. The summed E-state index contributed by atoms with van der Waals surface area (Å²) in [6.45, 7) is 5.12. The van der Waals surface area contributed by atoms with Crippen molar-refractivity contribution in [3.63, 3.8) is 0 Å². The molecule has 1 aromatic carbocycles. The second kappa shape index (κ2) is 4.10. The van der Waals surface area contributed by atoms with Gasteiger partial charge in [0.2, 0.25) is 0 Å². The molecule has 1 saturated carbocycles. The zero-order chi connectivity index (χ0) is 11.8. The van der Waals surface area contributed by atoms with E-state index >= 15 is 0 Å². The van der Waals surface area contributed by atoms with Crippen molar-refractivity contribution < 1.29 is 4.74 Å². The zero-order valence-electron chi connectivity index (χ0n) is 10.4. The van der Waals surface area contributed by atoms with Crippen molar-refractivity contribution in [2.24, 2.45) is 5.73 Å². The molecule has 0 atom stereocenters. The first-order valence-corrected chi connectivity index (χ1v) is 6.01. The minimum absolute atomic E-state index is 0.253. The Hall–Kier alpha value is -1.02. The maximum absolute atomic E-state index is 5.85. The van der Waals surface area contributed by atoms with Crippen LogP contribution in [0, 0.1) is 0 Å². The number of methoxy groups -OCH3 is 1. The summed E-state index contributed by atoms with van der Waals surface area (Å²) in [6.07, 6.45) is 2.43. The van der Waals surface area contributed by atoms with Crippen LogP contribution in [0.1, 0.15) is 43.7 Å². The molecule has 0 amide bonds. The Labute approximate surface area is 97.8 Å². The molecule has 0 unspecified atom stereocenters. The Morgan fingerprint density at radius 1 is 1.38 bits per heavy atom. The lowest BCUT2D eigenvalue weighted by Crippen LogP contribution is -2.19. The molecule has 0 heterocycles. The average Bonchev–Trinajstić information content (AvgIpc) is 3.09. The summed E-state index contributed by atoms with van der Waals surface area (Å²) in [4.78, 5) is 0. The van der Waals surface area contributed by atoms with Crippen LogP contribution in [0.2, 0.25) is 0 Å². The van der Waals surface area contributed by atoms with E-state index in [0.717, 1.165) is 12.3 Å². The third kappa shape index (κ3) is 1.82. The predicted octanol–water partition coefficient (Wildman–Crippen LogP) is 2.81. The Morgan fingerprint density at radius 3 is 2.50 bits per heavy atom. The van der Waals surface area contributed by atoms with Gasteiger partial charge in [-0.05, 0) is 36.0 Å². The molecule has 0 spiro atoms. The van der Waals surface area contributed by atoms with Gasteiger partial charge in [-0.3, -0.25) is 0 Å². The summed E-state index contributed by atoms with van der Waals surface area (Å²) >= 11 is 0. The molecule has 2 rings (SSSR count). The SMILES string of the molecule is COc1cc(C2(CN)CC2)ccc1C(C)C. The molecule has 0 bridgehead atoms. The number of rotatable bonds is 4. The highest BCUT2D eigenvalue weighted by atomic mass is 16.5. The van der Waals surface area contributed by atoms with E-state index in [2.05, 4.69) is 32.0 Å². The summed E-state index contributed by atoms with van der Waals surface area (Å²) in [5, 5.41) is 0. The van der Waals surface area contributed by atoms with Crippen molar-refractivity contribution in [3.05, 3.63) is 29.3 Å². The highest BCUT2D eigenvalue weighted by Crippen LogP contribution is 2.48. The van der Waals surface area contributed by atoms with Gasteiger partial charge < -0.3 is 10.5 Å². The van der Waals surface area contributed by atoms with Crippen molar-refractivity contribution in [2.75, 3.05) is 13.7 Å².